The molecule has 134 valence electrons. The van der Waals surface area contributed by atoms with Crippen LogP contribution in [0.25, 0.3) is 0 Å². The van der Waals surface area contributed by atoms with Gasteiger partial charge in [0, 0.05) is 11.1 Å². The van der Waals surface area contributed by atoms with E-state index < -0.39 is 12.1 Å². The van der Waals surface area contributed by atoms with Gasteiger partial charge >= 0.3 is 5.97 Å². The Bertz CT molecular complexity index is 522. The predicted molar refractivity (Wildman–Crippen MR) is 96.0 cm³/mol. The molecule has 0 bridgehead atoms. The number of nitrogens with two attached hydrogens (primary N) is 1. The van der Waals surface area contributed by atoms with Crippen molar-refractivity contribution in [1.82, 2.24) is 0 Å². The van der Waals surface area contributed by atoms with Gasteiger partial charge in [-0.1, -0.05) is 22.9 Å². The summed E-state index contributed by atoms with van der Waals surface area (Å²) in [6.45, 7) is 4.55. The molecular formula is C18H26BrNO4. The molecule has 1 saturated heterocycles. The third-order valence-electron chi connectivity index (χ3n) is 4.06. The van der Waals surface area contributed by atoms with Crippen molar-refractivity contribution in [2.75, 3.05) is 6.61 Å². The summed E-state index contributed by atoms with van der Waals surface area (Å²) in [7, 11) is 0. The van der Waals surface area contributed by atoms with Crippen molar-refractivity contribution in [3.05, 3.63) is 28.7 Å². The van der Waals surface area contributed by atoms with Crippen LogP contribution in [0.3, 0.4) is 0 Å². The van der Waals surface area contributed by atoms with Crippen molar-refractivity contribution in [3.8, 4) is 5.75 Å². The third kappa shape index (κ3) is 5.46. The third-order valence-corrected chi connectivity index (χ3v) is 4.59. The summed E-state index contributed by atoms with van der Waals surface area (Å²) in [4.78, 5) is 12.0. The molecule has 24 heavy (non-hydrogen) atoms. The Morgan fingerprint density at radius 2 is 2.00 bits per heavy atom. The standard InChI is InChI=1S/C18H26BrNO4/c1-3-11-22-16-6-4-5-15(20)18(21)23-12(2)17(16)24-14-9-7-13(19)8-10-14/h7-10,12,15-17H,3-6,11,20H2,1-2H3/t12-,15-,16-,17-/m0/s1. The summed E-state index contributed by atoms with van der Waals surface area (Å²) < 4.78 is 18.7. The number of benzene rings is 1. The molecule has 1 fully saturated rings. The van der Waals surface area contributed by atoms with E-state index in [1.165, 1.54) is 0 Å². The molecule has 0 saturated carbocycles. The summed E-state index contributed by atoms with van der Waals surface area (Å²) in [5.74, 6) is 0.350. The maximum absolute atomic E-state index is 12.0. The van der Waals surface area contributed by atoms with Crippen LogP contribution in [-0.4, -0.2) is 36.9 Å². The highest BCUT2D eigenvalue weighted by molar-refractivity contribution is 9.10. The van der Waals surface area contributed by atoms with E-state index in [1.807, 2.05) is 31.2 Å². The van der Waals surface area contributed by atoms with Crippen LogP contribution in [-0.2, 0) is 14.3 Å². The van der Waals surface area contributed by atoms with Crippen LogP contribution in [0.2, 0.25) is 0 Å². The van der Waals surface area contributed by atoms with Gasteiger partial charge in [0.1, 0.15) is 17.9 Å². The fourth-order valence-electron chi connectivity index (χ4n) is 2.75. The largest absolute Gasteiger partial charge is 0.484 e. The molecule has 1 heterocycles. The maximum Gasteiger partial charge on any atom is 0.323 e. The second-order valence-corrected chi connectivity index (χ2v) is 7.04. The number of hydrogen-bond acceptors (Lipinski definition) is 5. The summed E-state index contributed by atoms with van der Waals surface area (Å²) in [6.07, 6.45) is 2.17. The number of esters is 1. The first-order valence-corrected chi connectivity index (χ1v) is 9.30. The Morgan fingerprint density at radius 1 is 1.29 bits per heavy atom. The second-order valence-electron chi connectivity index (χ2n) is 6.13. The van der Waals surface area contributed by atoms with Crippen LogP contribution in [0.1, 0.15) is 39.5 Å². The number of rotatable bonds is 5. The predicted octanol–water partition coefficient (Wildman–Crippen LogP) is 3.43. The molecule has 2 N–H and O–H groups in total. The summed E-state index contributed by atoms with van der Waals surface area (Å²) in [6, 6.07) is 7.02. The van der Waals surface area contributed by atoms with Crippen LogP contribution in [0.4, 0.5) is 0 Å². The van der Waals surface area contributed by atoms with Gasteiger partial charge in [-0.15, -0.1) is 0 Å². The van der Waals surface area contributed by atoms with Gasteiger partial charge in [-0.05, 0) is 56.9 Å². The molecule has 1 aliphatic heterocycles. The quantitative estimate of drug-likeness (QED) is 0.767. The lowest BCUT2D eigenvalue weighted by Gasteiger charge is -2.31. The minimum atomic E-state index is -0.578. The van der Waals surface area contributed by atoms with Crippen LogP contribution in [0, 0.1) is 0 Å². The first-order chi connectivity index (χ1) is 11.5. The molecule has 0 spiro atoms. The average molecular weight is 400 g/mol. The highest BCUT2D eigenvalue weighted by atomic mass is 79.9. The smallest absolute Gasteiger partial charge is 0.323 e. The maximum atomic E-state index is 12.0. The SMILES string of the molecule is CCCO[C@H]1CCC[C@H](N)C(=O)O[C@@H](C)[C@@H]1Oc1ccc(Br)cc1. The lowest BCUT2D eigenvalue weighted by atomic mass is 10.0. The first kappa shape index (κ1) is 19.2. The highest BCUT2D eigenvalue weighted by Gasteiger charge is 2.34. The molecule has 1 aromatic rings. The molecule has 1 aromatic carbocycles. The molecule has 4 atom stereocenters. The molecule has 5 nitrogen and oxygen atoms in total. The Hall–Kier alpha value is -1.11. The molecule has 1 aliphatic rings. The first-order valence-electron chi connectivity index (χ1n) is 8.51. The molecule has 0 unspecified atom stereocenters. The number of halogens is 1. The van der Waals surface area contributed by atoms with E-state index in [0.717, 1.165) is 29.5 Å². The number of carbonyl (C=O) groups is 1. The van der Waals surface area contributed by atoms with Crippen LogP contribution >= 0.6 is 15.9 Å². The Labute approximate surface area is 152 Å². The number of ether oxygens (including phenoxy) is 3. The van der Waals surface area contributed by atoms with Gasteiger partial charge in [0.05, 0.1) is 6.10 Å². The fraction of sp³-hybridized carbons (Fsp3) is 0.611. The molecule has 0 radical (unpaired) electrons. The lowest BCUT2D eigenvalue weighted by molar-refractivity contribution is -0.158. The van der Waals surface area contributed by atoms with Crippen molar-refractivity contribution >= 4 is 21.9 Å². The summed E-state index contributed by atoms with van der Waals surface area (Å²) >= 11 is 3.41. The van der Waals surface area contributed by atoms with E-state index in [1.54, 1.807) is 0 Å². The van der Waals surface area contributed by atoms with Crippen molar-refractivity contribution in [1.29, 1.82) is 0 Å². The lowest BCUT2D eigenvalue weighted by Crippen LogP contribution is -2.45. The molecule has 0 amide bonds. The Balaban J connectivity index is 2.19. The van der Waals surface area contributed by atoms with Gasteiger partial charge in [-0.3, -0.25) is 4.79 Å². The molecule has 0 aromatic heterocycles. The monoisotopic (exact) mass is 399 g/mol. The highest BCUT2D eigenvalue weighted by Crippen LogP contribution is 2.25. The van der Waals surface area contributed by atoms with Gasteiger partial charge in [0.25, 0.3) is 0 Å². The molecule has 0 aliphatic carbocycles. The van der Waals surface area contributed by atoms with E-state index in [2.05, 4.69) is 22.9 Å². The van der Waals surface area contributed by atoms with Gasteiger partial charge in [0.2, 0.25) is 0 Å². The Kier molecular flexibility index (Phi) is 7.52. The van der Waals surface area contributed by atoms with Crippen molar-refractivity contribution in [2.45, 2.75) is 63.9 Å². The van der Waals surface area contributed by atoms with E-state index in [0.29, 0.717) is 13.0 Å². The zero-order chi connectivity index (χ0) is 17.5. The average Bonchev–Trinajstić information content (AvgIpc) is 2.60. The molecular weight excluding hydrogens is 374 g/mol. The van der Waals surface area contributed by atoms with E-state index in [4.69, 9.17) is 19.9 Å². The topological polar surface area (TPSA) is 70.8 Å². The second kappa shape index (κ2) is 9.39. The van der Waals surface area contributed by atoms with Crippen molar-refractivity contribution in [3.63, 3.8) is 0 Å². The minimum absolute atomic E-state index is 0.137. The van der Waals surface area contributed by atoms with Crippen molar-refractivity contribution in [2.24, 2.45) is 5.73 Å². The van der Waals surface area contributed by atoms with Crippen LogP contribution in [0.15, 0.2) is 28.7 Å². The fourth-order valence-corrected chi connectivity index (χ4v) is 3.01. The number of cyclic esters (lactones) is 1. The van der Waals surface area contributed by atoms with E-state index >= 15 is 0 Å². The van der Waals surface area contributed by atoms with E-state index in [9.17, 15) is 4.79 Å². The Morgan fingerprint density at radius 3 is 2.67 bits per heavy atom. The number of hydrogen-bond donors (Lipinski definition) is 1. The van der Waals surface area contributed by atoms with Crippen molar-refractivity contribution < 1.29 is 19.0 Å². The number of carbonyl (C=O) groups excluding carboxylic acids is 1. The van der Waals surface area contributed by atoms with E-state index in [-0.39, 0.29) is 18.2 Å². The van der Waals surface area contributed by atoms with Gasteiger partial charge in [-0.25, -0.2) is 0 Å². The minimum Gasteiger partial charge on any atom is -0.484 e. The van der Waals surface area contributed by atoms with Gasteiger partial charge in [0.15, 0.2) is 6.10 Å². The normalized spacial score (nSPS) is 28.4. The molecule has 6 heteroatoms. The van der Waals surface area contributed by atoms with Crippen LogP contribution in [0.5, 0.6) is 5.75 Å². The zero-order valence-corrected chi connectivity index (χ0v) is 15.8. The van der Waals surface area contributed by atoms with Gasteiger partial charge < -0.3 is 19.9 Å². The summed E-state index contributed by atoms with van der Waals surface area (Å²) in [5, 5.41) is 0. The zero-order valence-electron chi connectivity index (χ0n) is 14.2. The summed E-state index contributed by atoms with van der Waals surface area (Å²) in [5.41, 5.74) is 5.88. The van der Waals surface area contributed by atoms with Crippen LogP contribution < -0.4 is 10.5 Å². The molecule has 2 rings (SSSR count). The van der Waals surface area contributed by atoms with Gasteiger partial charge in [-0.2, -0.15) is 0 Å².